The molecule has 66 valence electrons. The van der Waals surface area contributed by atoms with Crippen molar-refractivity contribution in [1.29, 1.82) is 0 Å². The molecule has 1 N–H and O–H groups in total. The minimum atomic E-state index is -1.01. The molecule has 2 aromatic heterocycles. The molecule has 0 bridgehead atoms. The zero-order valence-corrected chi connectivity index (χ0v) is 7.19. The van der Waals surface area contributed by atoms with E-state index in [0.29, 0.717) is 5.65 Å². The number of aromatic nitrogens is 2. The summed E-state index contributed by atoms with van der Waals surface area (Å²) in [5, 5.41) is 9.08. The van der Waals surface area contributed by atoms with E-state index in [2.05, 4.69) is 4.98 Å². The fraction of sp³-hybridized carbons (Fsp3) is 0. The van der Waals surface area contributed by atoms with Crippen LogP contribution in [0, 0.1) is 0 Å². The summed E-state index contributed by atoms with van der Waals surface area (Å²) in [7, 11) is 0. The van der Waals surface area contributed by atoms with Crippen molar-refractivity contribution in [2.45, 2.75) is 0 Å². The predicted molar refractivity (Wildman–Crippen MR) is 47.2 cm³/mol. The number of pyridine rings is 1. The molecule has 0 unspecified atom stereocenters. The van der Waals surface area contributed by atoms with E-state index in [0.717, 1.165) is 0 Å². The first-order valence-electron chi connectivity index (χ1n) is 3.55. The first kappa shape index (κ1) is 8.07. The van der Waals surface area contributed by atoms with Crippen molar-refractivity contribution in [2.24, 2.45) is 0 Å². The van der Waals surface area contributed by atoms with Crippen LogP contribution < -0.4 is 0 Å². The predicted octanol–water partition coefficient (Wildman–Crippen LogP) is 1.69. The number of nitrogens with zero attached hydrogens (tertiary/aromatic N) is 2. The Bertz CT molecular complexity index is 478. The number of rotatable bonds is 1. The minimum absolute atomic E-state index is 0.148. The Kier molecular flexibility index (Phi) is 1.70. The minimum Gasteiger partial charge on any atom is -0.478 e. The van der Waals surface area contributed by atoms with Crippen LogP contribution in [0.15, 0.2) is 24.5 Å². The SMILES string of the molecule is O=C(O)c1cccn2cc(Cl)nc12. The first-order valence-corrected chi connectivity index (χ1v) is 3.93. The van der Waals surface area contributed by atoms with E-state index < -0.39 is 5.97 Å². The number of carboxylic acids is 1. The molecule has 0 radical (unpaired) electrons. The lowest BCUT2D eigenvalue weighted by atomic mass is 10.3. The molecule has 5 heteroatoms. The van der Waals surface area contributed by atoms with E-state index in [1.165, 1.54) is 6.07 Å². The van der Waals surface area contributed by atoms with Gasteiger partial charge >= 0.3 is 5.97 Å². The van der Waals surface area contributed by atoms with Gasteiger partial charge in [0.25, 0.3) is 0 Å². The van der Waals surface area contributed by atoms with Crippen molar-refractivity contribution in [3.63, 3.8) is 0 Å². The maximum absolute atomic E-state index is 10.7. The fourth-order valence-corrected chi connectivity index (χ4v) is 1.34. The topological polar surface area (TPSA) is 54.6 Å². The van der Waals surface area contributed by atoms with Crippen molar-refractivity contribution in [2.75, 3.05) is 0 Å². The molecule has 2 heterocycles. The molecule has 0 aliphatic rings. The molecule has 0 aliphatic heterocycles. The highest BCUT2D eigenvalue weighted by Crippen LogP contribution is 2.13. The quantitative estimate of drug-likeness (QED) is 0.755. The Hall–Kier alpha value is -1.55. The smallest absolute Gasteiger partial charge is 0.339 e. The number of carbonyl (C=O) groups is 1. The largest absolute Gasteiger partial charge is 0.478 e. The van der Waals surface area contributed by atoms with Crippen LogP contribution in [0.4, 0.5) is 0 Å². The lowest BCUT2D eigenvalue weighted by molar-refractivity contribution is 0.0698. The summed E-state index contributed by atoms with van der Waals surface area (Å²) >= 11 is 5.63. The van der Waals surface area contributed by atoms with Crippen LogP contribution >= 0.6 is 11.6 Å². The van der Waals surface area contributed by atoms with E-state index >= 15 is 0 Å². The second-order valence-corrected chi connectivity index (χ2v) is 2.91. The lowest BCUT2D eigenvalue weighted by Crippen LogP contribution is -1.99. The average Bonchev–Trinajstić information content (AvgIpc) is 2.43. The number of carboxylic acid groups (broad SMARTS) is 1. The normalized spacial score (nSPS) is 10.5. The van der Waals surface area contributed by atoms with E-state index in [1.54, 1.807) is 22.9 Å². The monoisotopic (exact) mass is 196 g/mol. The van der Waals surface area contributed by atoms with Gasteiger partial charge in [-0.25, -0.2) is 9.78 Å². The third kappa shape index (κ3) is 1.25. The average molecular weight is 197 g/mol. The molecule has 4 nitrogen and oxygen atoms in total. The summed E-state index contributed by atoms with van der Waals surface area (Å²) in [4.78, 5) is 14.6. The second-order valence-electron chi connectivity index (χ2n) is 2.52. The van der Waals surface area contributed by atoms with E-state index in [9.17, 15) is 4.79 Å². The number of hydrogen-bond acceptors (Lipinski definition) is 2. The number of aromatic carboxylic acids is 1. The number of halogens is 1. The molecule has 13 heavy (non-hydrogen) atoms. The van der Waals surface area contributed by atoms with Crippen molar-refractivity contribution in [3.05, 3.63) is 35.2 Å². The van der Waals surface area contributed by atoms with Crippen molar-refractivity contribution >= 4 is 23.2 Å². The zero-order chi connectivity index (χ0) is 9.42. The van der Waals surface area contributed by atoms with Crippen LogP contribution in [-0.2, 0) is 0 Å². The van der Waals surface area contributed by atoms with Gasteiger partial charge in [-0.3, -0.25) is 0 Å². The molecule has 0 saturated heterocycles. The molecule has 0 aliphatic carbocycles. The summed E-state index contributed by atoms with van der Waals surface area (Å²) in [5.74, 6) is -1.01. The van der Waals surface area contributed by atoms with Crippen molar-refractivity contribution in [1.82, 2.24) is 9.38 Å². The molecule has 0 spiro atoms. The summed E-state index contributed by atoms with van der Waals surface area (Å²) < 4.78 is 1.58. The van der Waals surface area contributed by atoms with Gasteiger partial charge in [0.05, 0.1) is 0 Å². The van der Waals surface area contributed by atoms with Crippen LogP contribution in [-0.4, -0.2) is 20.5 Å². The van der Waals surface area contributed by atoms with Gasteiger partial charge in [-0.2, -0.15) is 0 Å². The highest BCUT2D eigenvalue weighted by molar-refractivity contribution is 6.29. The van der Waals surface area contributed by atoms with Gasteiger partial charge in [0.15, 0.2) is 5.65 Å². The highest BCUT2D eigenvalue weighted by Gasteiger charge is 2.10. The maximum atomic E-state index is 10.7. The summed E-state index contributed by atoms with van der Waals surface area (Å²) in [5.41, 5.74) is 0.509. The third-order valence-electron chi connectivity index (χ3n) is 1.68. The Labute approximate surface area is 78.4 Å². The molecule has 0 amide bonds. The summed E-state index contributed by atoms with van der Waals surface area (Å²) in [6.45, 7) is 0. The maximum Gasteiger partial charge on any atom is 0.339 e. The van der Waals surface area contributed by atoms with Gasteiger partial charge in [-0.15, -0.1) is 0 Å². The molecule has 0 aromatic carbocycles. The van der Waals surface area contributed by atoms with E-state index in [1.807, 2.05) is 0 Å². The fourth-order valence-electron chi connectivity index (χ4n) is 1.15. The van der Waals surface area contributed by atoms with Gasteiger partial charge in [-0.05, 0) is 12.1 Å². The van der Waals surface area contributed by atoms with Gasteiger partial charge in [0.1, 0.15) is 10.7 Å². The van der Waals surface area contributed by atoms with E-state index in [-0.39, 0.29) is 10.7 Å². The molecule has 0 atom stereocenters. The van der Waals surface area contributed by atoms with Crippen LogP contribution in [0.2, 0.25) is 5.15 Å². The van der Waals surface area contributed by atoms with E-state index in [4.69, 9.17) is 16.7 Å². The van der Waals surface area contributed by atoms with Crippen molar-refractivity contribution in [3.8, 4) is 0 Å². The zero-order valence-electron chi connectivity index (χ0n) is 6.44. The molecule has 2 aromatic rings. The van der Waals surface area contributed by atoms with Crippen molar-refractivity contribution < 1.29 is 9.90 Å². The highest BCUT2D eigenvalue weighted by atomic mass is 35.5. The lowest BCUT2D eigenvalue weighted by Gasteiger charge is -1.95. The Balaban J connectivity index is 2.82. The van der Waals surface area contributed by atoms with Crippen LogP contribution in [0.5, 0.6) is 0 Å². The Morgan fingerprint density at radius 3 is 3.08 bits per heavy atom. The number of fused-ring (bicyclic) bond motifs is 1. The molecule has 0 fully saturated rings. The number of hydrogen-bond donors (Lipinski definition) is 1. The summed E-state index contributed by atoms with van der Waals surface area (Å²) in [6, 6.07) is 3.12. The molecule has 0 saturated carbocycles. The van der Waals surface area contributed by atoms with Gasteiger partial charge in [-0.1, -0.05) is 11.6 Å². The Morgan fingerprint density at radius 2 is 2.38 bits per heavy atom. The molecule has 2 rings (SSSR count). The Morgan fingerprint density at radius 1 is 1.62 bits per heavy atom. The summed E-state index contributed by atoms with van der Waals surface area (Å²) in [6.07, 6.45) is 3.25. The standard InChI is InChI=1S/C8H5ClN2O2/c9-6-4-11-3-1-2-5(8(12)13)7(11)10-6/h1-4H,(H,12,13). The van der Waals surface area contributed by atoms with Crippen LogP contribution in [0.25, 0.3) is 5.65 Å². The molecular formula is C8H5ClN2O2. The van der Waals surface area contributed by atoms with Crippen LogP contribution in [0.1, 0.15) is 10.4 Å². The van der Waals surface area contributed by atoms with Gasteiger partial charge in [0, 0.05) is 12.4 Å². The molecular weight excluding hydrogens is 192 g/mol. The van der Waals surface area contributed by atoms with Gasteiger partial charge < -0.3 is 9.51 Å². The third-order valence-corrected chi connectivity index (χ3v) is 1.87. The second kappa shape index (κ2) is 2.74. The number of imidazole rings is 1. The van der Waals surface area contributed by atoms with Gasteiger partial charge in [0.2, 0.25) is 0 Å². The van der Waals surface area contributed by atoms with Crippen LogP contribution in [0.3, 0.4) is 0 Å². The first-order chi connectivity index (χ1) is 6.18.